The van der Waals surface area contributed by atoms with E-state index in [1.54, 1.807) is 16.6 Å². The molecule has 4 aromatic rings. The Morgan fingerprint density at radius 3 is 2.57 bits per heavy atom. The first kappa shape index (κ1) is 17.7. The summed E-state index contributed by atoms with van der Waals surface area (Å²) in [5, 5.41) is 16.8. The Morgan fingerprint density at radius 2 is 1.86 bits per heavy atom. The summed E-state index contributed by atoms with van der Waals surface area (Å²) in [4.78, 5) is 19.9. The molecule has 7 nitrogen and oxygen atoms in total. The third kappa shape index (κ3) is 3.68. The molecule has 0 aliphatic heterocycles. The number of carbonyl (C=O) groups is 1. The fourth-order valence-corrected chi connectivity index (χ4v) is 3.01. The molecule has 0 aliphatic carbocycles. The molecule has 2 aromatic heterocycles. The molecule has 0 bridgehead atoms. The van der Waals surface area contributed by atoms with E-state index >= 15 is 0 Å². The molecule has 28 heavy (non-hydrogen) atoms. The zero-order chi connectivity index (χ0) is 19.7. The van der Waals surface area contributed by atoms with Crippen molar-refractivity contribution in [2.24, 2.45) is 0 Å². The molecule has 0 amide bonds. The van der Waals surface area contributed by atoms with Crippen LogP contribution in [0, 0.1) is 13.8 Å². The van der Waals surface area contributed by atoms with Crippen LogP contribution in [-0.2, 0) is 11.2 Å². The zero-order valence-corrected chi connectivity index (χ0v) is 15.5. The Balaban J connectivity index is 1.69. The molecule has 2 aromatic carbocycles. The minimum atomic E-state index is -0.849. The Morgan fingerprint density at radius 1 is 1.07 bits per heavy atom. The summed E-state index contributed by atoms with van der Waals surface area (Å²) in [5.41, 5.74) is 4.47. The van der Waals surface area contributed by atoms with Gasteiger partial charge in [-0.15, -0.1) is 5.10 Å². The molecule has 0 aliphatic rings. The van der Waals surface area contributed by atoms with E-state index in [-0.39, 0.29) is 6.42 Å². The molecular weight excluding hydrogens is 354 g/mol. The lowest BCUT2D eigenvalue weighted by Gasteiger charge is -2.09. The molecule has 0 radical (unpaired) electrons. The van der Waals surface area contributed by atoms with Crippen LogP contribution in [0.2, 0.25) is 0 Å². The third-order valence-corrected chi connectivity index (χ3v) is 4.30. The molecule has 4 rings (SSSR count). The maximum atomic E-state index is 10.8. The number of carboxylic acids is 1. The minimum absolute atomic E-state index is 0.00180. The van der Waals surface area contributed by atoms with Crippen LogP contribution in [-0.4, -0.2) is 30.7 Å². The first-order valence-electron chi connectivity index (χ1n) is 8.87. The first-order chi connectivity index (χ1) is 13.5. The summed E-state index contributed by atoms with van der Waals surface area (Å²) in [5.74, 6) is 1.02. The molecule has 0 atom stereocenters. The van der Waals surface area contributed by atoms with E-state index in [0.29, 0.717) is 11.6 Å². The zero-order valence-electron chi connectivity index (χ0n) is 15.5. The van der Waals surface area contributed by atoms with Gasteiger partial charge in [0.1, 0.15) is 5.82 Å². The Labute approximate surface area is 161 Å². The molecule has 0 spiro atoms. The molecule has 0 unspecified atom stereocenters. The van der Waals surface area contributed by atoms with Crippen molar-refractivity contribution in [2.75, 3.05) is 5.32 Å². The monoisotopic (exact) mass is 373 g/mol. The molecule has 2 heterocycles. The highest BCUT2D eigenvalue weighted by molar-refractivity contribution is 5.70. The standard InChI is InChI=1S/C21H19N5O2/c1-13-4-3-5-16(10-13)20-24-21-22-14(2)11-18(26(21)25-20)23-17-8-6-15(7-9-17)12-19(27)28/h3-11,23H,12H2,1-2H3,(H,27,28). The quantitative estimate of drug-likeness (QED) is 0.553. The van der Waals surface area contributed by atoms with Gasteiger partial charge in [0.25, 0.3) is 5.78 Å². The lowest BCUT2D eigenvalue weighted by molar-refractivity contribution is -0.136. The van der Waals surface area contributed by atoms with Gasteiger partial charge >= 0.3 is 5.97 Å². The highest BCUT2D eigenvalue weighted by atomic mass is 16.4. The van der Waals surface area contributed by atoms with Gasteiger partial charge in [-0.3, -0.25) is 4.79 Å². The normalized spacial score (nSPS) is 10.9. The van der Waals surface area contributed by atoms with E-state index in [9.17, 15) is 4.79 Å². The number of carboxylic acid groups (broad SMARTS) is 1. The predicted molar refractivity (Wildman–Crippen MR) is 107 cm³/mol. The van der Waals surface area contributed by atoms with Gasteiger partial charge in [-0.1, -0.05) is 35.9 Å². The number of benzene rings is 2. The van der Waals surface area contributed by atoms with Crippen molar-refractivity contribution in [3.05, 3.63) is 71.4 Å². The van der Waals surface area contributed by atoms with E-state index in [1.165, 1.54) is 0 Å². The second-order valence-electron chi connectivity index (χ2n) is 6.69. The number of aromatic nitrogens is 4. The maximum Gasteiger partial charge on any atom is 0.307 e. The number of aliphatic carboxylic acids is 1. The van der Waals surface area contributed by atoms with Crippen LogP contribution in [0.25, 0.3) is 17.2 Å². The maximum absolute atomic E-state index is 10.8. The average Bonchev–Trinajstić information content (AvgIpc) is 3.07. The summed E-state index contributed by atoms with van der Waals surface area (Å²) in [7, 11) is 0. The molecule has 0 saturated heterocycles. The van der Waals surface area contributed by atoms with Gasteiger partial charge in [-0.05, 0) is 37.6 Å². The Kier molecular flexibility index (Phi) is 4.49. The Hall–Kier alpha value is -3.74. The number of hydrogen-bond donors (Lipinski definition) is 2. The van der Waals surface area contributed by atoms with Crippen LogP contribution >= 0.6 is 0 Å². The van der Waals surface area contributed by atoms with Crippen LogP contribution < -0.4 is 5.32 Å². The molecule has 7 heteroatoms. The van der Waals surface area contributed by atoms with Crippen molar-refractivity contribution >= 4 is 23.3 Å². The summed E-state index contributed by atoms with van der Waals surface area (Å²) in [6.45, 7) is 3.94. The van der Waals surface area contributed by atoms with E-state index in [0.717, 1.165) is 33.9 Å². The van der Waals surface area contributed by atoms with Crippen LogP contribution in [0.4, 0.5) is 11.5 Å². The molecule has 0 fully saturated rings. The van der Waals surface area contributed by atoms with Crippen molar-refractivity contribution in [3.63, 3.8) is 0 Å². The van der Waals surface area contributed by atoms with Crippen LogP contribution in [0.15, 0.2) is 54.6 Å². The van der Waals surface area contributed by atoms with Crippen LogP contribution in [0.3, 0.4) is 0 Å². The smallest absolute Gasteiger partial charge is 0.307 e. The van der Waals surface area contributed by atoms with Gasteiger partial charge in [0.15, 0.2) is 5.82 Å². The van der Waals surface area contributed by atoms with E-state index in [1.807, 2.05) is 56.3 Å². The highest BCUT2D eigenvalue weighted by Gasteiger charge is 2.12. The third-order valence-electron chi connectivity index (χ3n) is 4.30. The minimum Gasteiger partial charge on any atom is -0.481 e. The average molecular weight is 373 g/mol. The van der Waals surface area contributed by atoms with Crippen molar-refractivity contribution in [1.82, 2.24) is 19.6 Å². The van der Waals surface area contributed by atoms with Gasteiger partial charge in [-0.25, -0.2) is 4.98 Å². The van der Waals surface area contributed by atoms with Crippen LogP contribution in [0.5, 0.6) is 0 Å². The molecule has 140 valence electrons. The number of aryl methyl sites for hydroxylation is 2. The van der Waals surface area contributed by atoms with E-state index in [4.69, 9.17) is 5.11 Å². The second-order valence-corrected chi connectivity index (χ2v) is 6.69. The number of nitrogens with one attached hydrogen (secondary N) is 1. The van der Waals surface area contributed by atoms with Crippen molar-refractivity contribution < 1.29 is 9.90 Å². The highest BCUT2D eigenvalue weighted by Crippen LogP contribution is 2.22. The number of nitrogens with zero attached hydrogens (tertiary/aromatic N) is 4. The lowest BCUT2D eigenvalue weighted by Crippen LogP contribution is -2.03. The summed E-state index contributed by atoms with van der Waals surface area (Å²) in [6, 6.07) is 17.2. The number of anilines is 2. The van der Waals surface area contributed by atoms with Crippen molar-refractivity contribution in [2.45, 2.75) is 20.3 Å². The van der Waals surface area contributed by atoms with Crippen molar-refractivity contribution in [1.29, 1.82) is 0 Å². The van der Waals surface area contributed by atoms with E-state index < -0.39 is 5.97 Å². The summed E-state index contributed by atoms with van der Waals surface area (Å²) >= 11 is 0. The van der Waals surface area contributed by atoms with Gasteiger partial charge in [0.2, 0.25) is 0 Å². The molecular formula is C21H19N5O2. The van der Waals surface area contributed by atoms with Gasteiger partial charge in [0, 0.05) is 23.0 Å². The topological polar surface area (TPSA) is 92.4 Å². The number of rotatable bonds is 5. The second kappa shape index (κ2) is 7.11. The Bertz CT molecular complexity index is 1170. The van der Waals surface area contributed by atoms with Gasteiger partial charge in [-0.2, -0.15) is 9.50 Å². The summed E-state index contributed by atoms with van der Waals surface area (Å²) < 4.78 is 1.68. The largest absolute Gasteiger partial charge is 0.481 e. The van der Waals surface area contributed by atoms with Crippen LogP contribution in [0.1, 0.15) is 16.8 Å². The predicted octanol–water partition coefficient (Wildman–Crippen LogP) is 3.78. The summed E-state index contributed by atoms with van der Waals surface area (Å²) in [6.07, 6.45) is 0.00180. The van der Waals surface area contributed by atoms with E-state index in [2.05, 4.69) is 20.4 Å². The molecule has 2 N–H and O–H groups in total. The lowest BCUT2D eigenvalue weighted by atomic mass is 10.1. The number of hydrogen-bond acceptors (Lipinski definition) is 5. The first-order valence-corrected chi connectivity index (χ1v) is 8.87. The van der Waals surface area contributed by atoms with Crippen molar-refractivity contribution in [3.8, 4) is 11.4 Å². The SMILES string of the molecule is Cc1cccc(-c2nc3nc(C)cc(Nc4ccc(CC(=O)O)cc4)n3n2)c1. The number of fused-ring (bicyclic) bond motifs is 1. The fraction of sp³-hybridized carbons (Fsp3) is 0.143. The van der Waals surface area contributed by atoms with Gasteiger partial charge in [0.05, 0.1) is 6.42 Å². The fourth-order valence-electron chi connectivity index (χ4n) is 3.01. The van der Waals surface area contributed by atoms with Gasteiger partial charge < -0.3 is 10.4 Å². The molecule has 0 saturated carbocycles.